The zero-order valence-electron chi connectivity index (χ0n) is 11.7. The fourth-order valence-electron chi connectivity index (χ4n) is 3.49. The van der Waals surface area contributed by atoms with E-state index in [0.717, 1.165) is 25.7 Å². The average Bonchev–Trinajstić information content (AvgIpc) is 2.74. The van der Waals surface area contributed by atoms with E-state index < -0.39 is 17.8 Å². The maximum atomic E-state index is 13.3. The number of aromatic nitrogens is 2. The van der Waals surface area contributed by atoms with Gasteiger partial charge in [-0.2, -0.15) is 13.2 Å². The molecule has 1 aliphatic heterocycles. The van der Waals surface area contributed by atoms with Crippen molar-refractivity contribution in [1.82, 2.24) is 14.3 Å². The molecule has 2 aliphatic rings. The van der Waals surface area contributed by atoms with Crippen molar-refractivity contribution in [3.63, 3.8) is 0 Å². The number of nitrogens with zero attached hydrogens (tertiary/aromatic N) is 3. The van der Waals surface area contributed by atoms with Crippen LogP contribution >= 0.6 is 0 Å². The Morgan fingerprint density at radius 2 is 2.00 bits per heavy atom. The standard InChI is InChI=1S/C15H14F3N3O/c16-15(17,18)12-11(20-8-2-1-4-10(20)19-12)13(22)21-9-7-14(21)5-3-6-14/h1-2,4,8H,3,5-7,9H2. The molecular weight excluding hydrogens is 295 g/mol. The second kappa shape index (κ2) is 4.24. The van der Waals surface area contributed by atoms with Gasteiger partial charge in [-0.15, -0.1) is 0 Å². The molecule has 22 heavy (non-hydrogen) atoms. The molecule has 7 heteroatoms. The molecule has 2 aromatic heterocycles. The summed E-state index contributed by atoms with van der Waals surface area (Å²) < 4.78 is 41.1. The molecule has 2 aromatic rings. The van der Waals surface area contributed by atoms with Crippen LogP contribution in [-0.2, 0) is 6.18 Å². The van der Waals surface area contributed by atoms with E-state index in [1.807, 2.05) is 0 Å². The topological polar surface area (TPSA) is 37.6 Å². The smallest absolute Gasteiger partial charge is 0.331 e. The number of amides is 1. The highest BCUT2D eigenvalue weighted by molar-refractivity contribution is 5.96. The van der Waals surface area contributed by atoms with Gasteiger partial charge in [0.05, 0.1) is 0 Å². The Kier molecular flexibility index (Phi) is 2.62. The Bertz CT molecular complexity index is 755. The minimum Gasteiger partial charge on any atom is -0.331 e. The second-order valence-corrected chi connectivity index (χ2v) is 6.02. The first-order valence-corrected chi connectivity index (χ1v) is 7.29. The monoisotopic (exact) mass is 309 g/mol. The van der Waals surface area contributed by atoms with Gasteiger partial charge in [-0.05, 0) is 37.8 Å². The van der Waals surface area contributed by atoms with Gasteiger partial charge in [0.15, 0.2) is 5.69 Å². The third-order valence-electron chi connectivity index (χ3n) is 4.90. The van der Waals surface area contributed by atoms with Crippen molar-refractivity contribution in [3.05, 3.63) is 35.8 Å². The molecule has 4 rings (SSSR count). The summed E-state index contributed by atoms with van der Waals surface area (Å²) in [6.45, 7) is 0.524. The first-order chi connectivity index (χ1) is 10.4. The molecule has 1 saturated carbocycles. The highest BCUT2D eigenvalue weighted by Crippen LogP contribution is 2.48. The van der Waals surface area contributed by atoms with E-state index in [1.54, 1.807) is 17.0 Å². The highest BCUT2D eigenvalue weighted by atomic mass is 19.4. The van der Waals surface area contributed by atoms with E-state index in [9.17, 15) is 18.0 Å². The van der Waals surface area contributed by atoms with Crippen LogP contribution in [0.2, 0.25) is 0 Å². The largest absolute Gasteiger partial charge is 0.435 e. The number of carbonyl (C=O) groups excluding carboxylic acids is 1. The predicted octanol–water partition coefficient (Wildman–Crippen LogP) is 3.12. The number of pyridine rings is 1. The number of carbonyl (C=O) groups is 1. The first-order valence-electron chi connectivity index (χ1n) is 7.29. The lowest BCUT2D eigenvalue weighted by Gasteiger charge is -2.58. The van der Waals surface area contributed by atoms with E-state index in [1.165, 1.54) is 16.7 Å². The van der Waals surface area contributed by atoms with Crippen molar-refractivity contribution >= 4 is 11.6 Å². The Hall–Kier alpha value is -2.05. The molecule has 2 fully saturated rings. The van der Waals surface area contributed by atoms with Gasteiger partial charge in [0, 0.05) is 18.3 Å². The number of halogens is 3. The molecular formula is C15H14F3N3O. The van der Waals surface area contributed by atoms with E-state index in [2.05, 4.69) is 4.98 Å². The van der Waals surface area contributed by atoms with Crippen molar-refractivity contribution in [2.45, 2.75) is 37.4 Å². The molecule has 4 nitrogen and oxygen atoms in total. The molecule has 0 unspecified atom stereocenters. The Balaban J connectivity index is 1.84. The first kappa shape index (κ1) is 13.6. The van der Waals surface area contributed by atoms with Gasteiger partial charge in [-0.25, -0.2) is 4.98 Å². The minimum atomic E-state index is -4.64. The lowest BCUT2D eigenvalue weighted by atomic mass is 9.67. The normalized spacial score (nSPS) is 20.0. The zero-order chi connectivity index (χ0) is 15.5. The summed E-state index contributed by atoms with van der Waals surface area (Å²) in [4.78, 5) is 18.0. The lowest BCUT2D eigenvalue weighted by Crippen LogP contribution is -2.65. The SMILES string of the molecule is O=C(c1c(C(F)(F)F)nc2ccccn12)N1CCC12CCC2. The second-order valence-electron chi connectivity index (χ2n) is 6.02. The zero-order valence-corrected chi connectivity index (χ0v) is 11.7. The van der Waals surface area contributed by atoms with Crippen LogP contribution in [-0.4, -0.2) is 32.3 Å². The van der Waals surface area contributed by atoms with Crippen LogP contribution in [0.5, 0.6) is 0 Å². The molecule has 0 aromatic carbocycles. The van der Waals surface area contributed by atoms with Crippen LogP contribution in [0.15, 0.2) is 24.4 Å². The lowest BCUT2D eigenvalue weighted by molar-refractivity contribution is -0.141. The van der Waals surface area contributed by atoms with Crippen LogP contribution in [0.4, 0.5) is 13.2 Å². The number of hydrogen-bond donors (Lipinski definition) is 0. The minimum absolute atomic E-state index is 0.140. The Morgan fingerprint density at radius 1 is 1.23 bits per heavy atom. The number of imidazole rings is 1. The van der Waals surface area contributed by atoms with Gasteiger partial charge in [0.2, 0.25) is 0 Å². The van der Waals surface area contributed by atoms with Crippen molar-refractivity contribution in [1.29, 1.82) is 0 Å². The number of fused-ring (bicyclic) bond motifs is 1. The summed E-state index contributed by atoms with van der Waals surface area (Å²) in [5.41, 5.74) is -1.51. The van der Waals surface area contributed by atoms with Crippen LogP contribution in [0, 0.1) is 0 Å². The summed E-state index contributed by atoms with van der Waals surface area (Å²) in [6.07, 6.45) is 0.500. The average molecular weight is 309 g/mol. The third kappa shape index (κ3) is 1.71. The van der Waals surface area contributed by atoms with Crippen molar-refractivity contribution in [3.8, 4) is 0 Å². The maximum absolute atomic E-state index is 13.3. The summed E-state index contributed by atoms with van der Waals surface area (Å²) in [5.74, 6) is -0.558. The fourth-order valence-corrected chi connectivity index (χ4v) is 3.49. The van der Waals surface area contributed by atoms with Gasteiger partial charge < -0.3 is 4.90 Å². The molecule has 0 radical (unpaired) electrons. The molecule has 1 spiro atoms. The maximum Gasteiger partial charge on any atom is 0.435 e. The summed E-state index contributed by atoms with van der Waals surface area (Å²) >= 11 is 0. The van der Waals surface area contributed by atoms with Crippen LogP contribution in [0.25, 0.3) is 5.65 Å². The van der Waals surface area contributed by atoms with Gasteiger partial charge in [0.25, 0.3) is 5.91 Å². The number of hydrogen-bond acceptors (Lipinski definition) is 2. The Labute approximate surface area is 124 Å². The summed E-state index contributed by atoms with van der Waals surface area (Å²) in [7, 11) is 0. The molecule has 116 valence electrons. The van der Waals surface area contributed by atoms with Crippen LogP contribution in [0.1, 0.15) is 41.9 Å². The molecule has 0 atom stereocenters. The Morgan fingerprint density at radius 3 is 2.55 bits per heavy atom. The van der Waals surface area contributed by atoms with Crippen molar-refractivity contribution in [2.75, 3.05) is 6.54 Å². The van der Waals surface area contributed by atoms with Gasteiger partial charge in [-0.3, -0.25) is 9.20 Å². The third-order valence-corrected chi connectivity index (χ3v) is 4.90. The van der Waals surface area contributed by atoms with Crippen LogP contribution < -0.4 is 0 Å². The molecule has 0 N–H and O–H groups in total. The van der Waals surface area contributed by atoms with E-state index in [4.69, 9.17) is 0 Å². The van der Waals surface area contributed by atoms with Crippen molar-refractivity contribution in [2.24, 2.45) is 0 Å². The van der Waals surface area contributed by atoms with E-state index in [0.29, 0.717) is 6.54 Å². The van der Waals surface area contributed by atoms with Gasteiger partial charge >= 0.3 is 6.18 Å². The molecule has 3 heterocycles. The van der Waals surface area contributed by atoms with Gasteiger partial charge in [0.1, 0.15) is 11.3 Å². The molecule has 1 aliphatic carbocycles. The van der Waals surface area contributed by atoms with Crippen molar-refractivity contribution < 1.29 is 18.0 Å². The quantitative estimate of drug-likeness (QED) is 0.811. The predicted molar refractivity (Wildman–Crippen MR) is 72.4 cm³/mol. The number of rotatable bonds is 1. The number of likely N-dealkylation sites (tertiary alicyclic amines) is 1. The summed E-state index contributed by atoms with van der Waals surface area (Å²) in [6, 6.07) is 4.68. The van der Waals surface area contributed by atoms with E-state index in [-0.39, 0.29) is 16.9 Å². The van der Waals surface area contributed by atoms with Crippen LogP contribution in [0.3, 0.4) is 0 Å². The molecule has 1 saturated heterocycles. The molecule has 0 bridgehead atoms. The number of alkyl halides is 3. The van der Waals surface area contributed by atoms with E-state index >= 15 is 0 Å². The summed E-state index contributed by atoms with van der Waals surface area (Å²) in [5, 5.41) is 0. The molecule has 1 amide bonds. The highest BCUT2D eigenvalue weighted by Gasteiger charge is 2.53. The fraction of sp³-hybridized carbons (Fsp3) is 0.467. The van der Waals surface area contributed by atoms with Gasteiger partial charge in [-0.1, -0.05) is 6.07 Å².